The van der Waals surface area contributed by atoms with Gasteiger partial charge in [0.05, 0.1) is 5.69 Å². The number of rotatable bonds is 6. The van der Waals surface area contributed by atoms with Crippen LogP contribution in [0, 0.1) is 0 Å². The number of thiophene rings is 1. The van der Waals surface area contributed by atoms with E-state index in [4.69, 9.17) is 0 Å². The maximum absolute atomic E-state index is 4.25. The molecule has 0 radical (unpaired) electrons. The number of aliphatic imine (C=N–C) groups is 1. The molecule has 0 atom stereocenters. The van der Waals surface area contributed by atoms with Gasteiger partial charge in [-0.3, -0.25) is 4.99 Å². The lowest BCUT2D eigenvalue weighted by atomic mass is 10.1. The molecule has 0 bridgehead atoms. The molecule has 6 heteroatoms. The first kappa shape index (κ1) is 16.3. The fraction of sp³-hybridized carbons (Fsp3) is 0.222. The molecule has 3 rings (SSSR count). The van der Waals surface area contributed by atoms with E-state index in [1.165, 1.54) is 11.1 Å². The Morgan fingerprint density at radius 1 is 1.17 bits per heavy atom. The third kappa shape index (κ3) is 4.45. The van der Waals surface area contributed by atoms with Crippen molar-refractivity contribution in [1.29, 1.82) is 0 Å². The van der Waals surface area contributed by atoms with Crippen molar-refractivity contribution >= 4 is 17.3 Å². The molecule has 0 aliphatic carbocycles. The molecule has 0 amide bonds. The largest absolute Gasteiger partial charge is 0.356 e. The minimum Gasteiger partial charge on any atom is -0.356 e. The van der Waals surface area contributed by atoms with Crippen LogP contribution in [0.15, 0.2) is 64.5 Å². The number of guanidine groups is 1. The van der Waals surface area contributed by atoms with Crippen molar-refractivity contribution < 1.29 is 0 Å². The number of hydrogen-bond donors (Lipinski definition) is 2. The summed E-state index contributed by atoms with van der Waals surface area (Å²) < 4.78 is 1.86. The van der Waals surface area contributed by atoms with E-state index in [1.54, 1.807) is 24.6 Å². The van der Waals surface area contributed by atoms with E-state index in [-0.39, 0.29) is 0 Å². The van der Waals surface area contributed by atoms with Crippen LogP contribution in [0.3, 0.4) is 0 Å². The molecule has 24 heavy (non-hydrogen) atoms. The summed E-state index contributed by atoms with van der Waals surface area (Å²) in [7, 11) is 1.79. The van der Waals surface area contributed by atoms with Crippen molar-refractivity contribution in [3.63, 3.8) is 0 Å². The Bertz CT molecular complexity index is 745. The second-order valence-electron chi connectivity index (χ2n) is 5.35. The van der Waals surface area contributed by atoms with Crippen LogP contribution in [0.5, 0.6) is 0 Å². The van der Waals surface area contributed by atoms with Crippen molar-refractivity contribution in [3.8, 4) is 5.69 Å². The minimum atomic E-state index is 0.793. The van der Waals surface area contributed by atoms with E-state index in [0.717, 1.165) is 31.2 Å². The molecule has 3 aromatic rings. The van der Waals surface area contributed by atoms with Crippen molar-refractivity contribution in [1.82, 2.24) is 20.4 Å². The molecule has 2 N–H and O–H groups in total. The van der Waals surface area contributed by atoms with E-state index in [1.807, 2.05) is 16.9 Å². The highest BCUT2D eigenvalue weighted by Crippen LogP contribution is 2.09. The van der Waals surface area contributed by atoms with Crippen molar-refractivity contribution in [2.24, 2.45) is 4.99 Å². The highest BCUT2D eigenvalue weighted by molar-refractivity contribution is 7.07. The van der Waals surface area contributed by atoms with Crippen molar-refractivity contribution in [3.05, 3.63) is 70.7 Å². The van der Waals surface area contributed by atoms with E-state index >= 15 is 0 Å². The zero-order chi connectivity index (χ0) is 16.6. The van der Waals surface area contributed by atoms with Gasteiger partial charge < -0.3 is 10.6 Å². The first-order valence-corrected chi connectivity index (χ1v) is 8.84. The number of aromatic nitrogens is 2. The molecule has 0 unspecified atom stereocenters. The fourth-order valence-electron chi connectivity index (χ4n) is 2.36. The Kier molecular flexibility index (Phi) is 5.63. The van der Waals surface area contributed by atoms with Gasteiger partial charge in [0.15, 0.2) is 5.96 Å². The molecule has 2 aromatic heterocycles. The lowest BCUT2D eigenvalue weighted by Crippen LogP contribution is -2.37. The molecule has 0 aliphatic rings. The Hall–Kier alpha value is -2.60. The molecule has 5 nitrogen and oxygen atoms in total. The van der Waals surface area contributed by atoms with E-state index in [2.05, 4.69) is 61.8 Å². The summed E-state index contributed by atoms with van der Waals surface area (Å²) >= 11 is 1.71. The fourth-order valence-corrected chi connectivity index (χ4v) is 3.03. The van der Waals surface area contributed by atoms with Gasteiger partial charge in [-0.05, 0) is 52.6 Å². The summed E-state index contributed by atoms with van der Waals surface area (Å²) in [5.74, 6) is 0.828. The first-order valence-electron chi connectivity index (χ1n) is 7.90. The minimum absolute atomic E-state index is 0.793. The number of nitrogens with one attached hydrogen (secondary N) is 2. The molecule has 0 aliphatic heterocycles. The van der Waals surface area contributed by atoms with Crippen molar-refractivity contribution in [2.75, 3.05) is 13.6 Å². The van der Waals surface area contributed by atoms with Crippen LogP contribution in [0.2, 0.25) is 0 Å². The SMILES string of the molecule is CN=C(NCCc1ccc(-n2cccn2)cc1)NCc1ccsc1. The van der Waals surface area contributed by atoms with Crippen molar-refractivity contribution in [2.45, 2.75) is 13.0 Å². The maximum atomic E-state index is 4.25. The van der Waals surface area contributed by atoms with E-state index in [9.17, 15) is 0 Å². The second kappa shape index (κ2) is 8.31. The third-order valence-electron chi connectivity index (χ3n) is 3.68. The first-order chi connectivity index (χ1) is 11.8. The van der Waals surface area contributed by atoms with Crippen LogP contribution in [-0.4, -0.2) is 29.3 Å². The zero-order valence-electron chi connectivity index (χ0n) is 13.6. The van der Waals surface area contributed by atoms with Gasteiger partial charge in [-0.1, -0.05) is 12.1 Å². The summed E-state index contributed by atoms with van der Waals surface area (Å²) in [6.07, 6.45) is 4.67. The Balaban J connectivity index is 1.45. The molecular formula is C18H21N5S. The number of benzene rings is 1. The lowest BCUT2D eigenvalue weighted by molar-refractivity contribution is 0.795. The Morgan fingerprint density at radius 3 is 2.71 bits per heavy atom. The standard InChI is InChI=1S/C18H21N5S/c1-19-18(21-13-16-8-12-24-14-16)20-10-7-15-3-5-17(6-4-15)23-11-2-9-22-23/h2-6,8-9,11-12,14H,7,10,13H2,1H3,(H2,19,20,21). The maximum Gasteiger partial charge on any atom is 0.191 e. The van der Waals surface area contributed by atoms with Crippen LogP contribution in [0.4, 0.5) is 0 Å². The zero-order valence-corrected chi connectivity index (χ0v) is 14.5. The molecular weight excluding hydrogens is 318 g/mol. The second-order valence-corrected chi connectivity index (χ2v) is 6.13. The summed E-state index contributed by atoms with van der Waals surface area (Å²) in [6.45, 7) is 1.63. The summed E-state index contributed by atoms with van der Waals surface area (Å²) in [6, 6.07) is 12.5. The average Bonchev–Trinajstić information content (AvgIpc) is 3.32. The summed E-state index contributed by atoms with van der Waals surface area (Å²) in [5, 5.41) is 15.1. The van der Waals surface area contributed by atoms with E-state index < -0.39 is 0 Å². The molecule has 2 heterocycles. The Labute approximate surface area is 146 Å². The molecule has 0 spiro atoms. The average molecular weight is 339 g/mol. The Morgan fingerprint density at radius 2 is 2.04 bits per heavy atom. The number of nitrogens with zero attached hydrogens (tertiary/aromatic N) is 3. The summed E-state index contributed by atoms with van der Waals surface area (Å²) in [4.78, 5) is 4.25. The topological polar surface area (TPSA) is 54.2 Å². The predicted molar refractivity (Wildman–Crippen MR) is 99.8 cm³/mol. The predicted octanol–water partition coefficient (Wildman–Crippen LogP) is 2.84. The molecule has 124 valence electrons. The van der Waals surface area contributed by atoms with Gasteiger partial charge >= 0.3 is 0 Å². The van der Waals surface area contributed by atoms with Crippen LogP contribution in [0.25, 0.3) is 5.69 Å². The normalized spacial score (nSPS) is 11.5. The van der Waals surface area contributed by atoms with Crippen LogP contribution >= 0.6 is 11.3 Å². The number of hydrogen-bond acceptors (Lipinski definition) is 3. The van der Waals surface area contributed by atoms with Crippen LogP contribution < -0.4 is 10.6 Å². The van der Waals surface area contributed by atoms with Crippen LogP contribution in [-0.2, 0) is 13.0 Å². The van der Waals surface area contributed by atoms with Gasteiger partial charge in [-0.2, -0.15) is 16.4 Å². The monoisotopic (exact) mass is 339 g/mol. The van der Waals surface area contributed by atoms with Gasteiger partial charge in [0.1, 0.15) is 0 Å². The highest BCUT2D eigenvalue weighted by Gasteiger charge is 2.00. The van der Waals surface area contributed by atoms with Gasteiger partial charge in [-0.25, -0.2) is 4.68 Å². The summed E-state index contributed by atoms with van der Waals surface area (Å²) in [5.41, 5.74) is 3.63. The molecule has 1 aromatic carbocycles. The van der Waals surface area contributed by atoms with Gasteiger partial charge in [0.25, 0.3) is 0 Å². The quantitative estimate of drug-likeness (QED) is 0.536. The highest BCUT2D eigenvalue weighted by atomic mass is 32.1. The van der Waals surface area contributed by atoms with Gasteiger partial charge in [-0.15, -0.1) is 0 Å². The molecule has 0 fully saturated rings. The smallest absolute Gasteiger partial charge is 0.191 e. The van der Waals surface area contributed by atoms with E-state index in [0.29, 0.717) is 0 Å². The lowest BCUT2D eigenvalue weighted by Gasteiger charge is -2.11. The third-order valence-corrected chi connectivity index (χ3v) is 4.41. The van der Waals surface area contributed by atoms with Gasteiger partial charge in [0.2, 0.25) is 0 Å². The van der Waals surface area contributed by atoms with Crippen LogP contribution in [0.1, 0.15) is 11.1 Å². The molecule has 0 saturated carbocycles. The van der Waals surface area contributed by atoms with Gasteiger partial charge in [0, 0.05) is 32.5 Å². The molecule has 0 saturated heterocycles.